The fourth-order valence-electron chi connectivity index (χ4n) is 5.01. The van der Waals surface area contributed by atoms with Crippen LogP contribution >= 0.6 is 0 Å². The lowest BCUT2D eigenvalue weighted by Crippen LogP contribution is -2.47. The molecular formula is C28H29F2NO2. The lowest BCUT2D eigenvalue weighted by Gasteiger charge is -2.44. The van der Waals surface area contributed by atoms with Crippen LogP contribution in [-0.4, -0.2) is 29.1 Å². The van der Waals surface area contributed by atoms with Crippen LogP contribution in [0.25, 0.3) is 11.1 Å². The van der Waals surface area contributed by atoms with Crippen molar-refractivity contribution in [3.05, 3.63) is 95.6 Å². The molecule has 33 heavy (non-hydrogen) atoms. The zero-order valence-electron chi connectivity index (χ0n) is 18.8. The maximum atomic E-state index is 14.7. The van der Waals surface area contributed by atoms with E-state index in [0.29, 0.717) is 31.4 Å². The Morgan fingerprint density at radius 2 is 1.61 bits per heavy atom. The van der Waals surface area contributed by atoms with Crippen molar-refractivity contribution in [1.29, 1.82) is 0 Å². The molecule has 0 spiro atoms. The number of piperidine rings is 1. The Morgan fingerprint density at radius 3 is 2.21 bits per heavy atom. The highest BCUT2D eigenvalue weighted by molar-refractivity contribution is 5.79. The molecule has 0 bridgehead atoms. The molecule has 1 amide bonds. The molecule has 0 unspecified atom stereocenters. The smallest absolute Gasteiger partial charge is 0.223 e. The van der Waals surface area contributed by atoms with E-state index in [9.17, 15) is 18.7 Å². The fraction of sp³-hybridized carbons (Fsp3) is 0.321. The lowest BCUT2D eigenvalue weighted by atomic mass is 9.69. The Labute approximate surface area is 193 Å². The highest BCUT2D eigenvalue weighted by Crippen LogP contribution is 2.43. The van der Waals surface area contributed by atoms with Crippen LogP contribution in [0.2, 0.25) is 0 Å². The number of carbonyl (C=O) groups is 1. The Bertz CT molecular complexity index is 1100. The van der Waals surface area contributed by atoms with Gasteiger partial charge < -0.3 is 10.0 Å². The summed E-state index contributed by atoms with van der Waals surface area (Å²) in [5.74, 6) is -0.559. The monoisotopic (exact) mass is 449 g/mol. The molecule has 0 radical (unpaired) electrons. The largest absolute Gasteiger partial charge is 0.396 e. The van der Waals surface area contributed by atoms with Gasteiger partial charge in [-0.2, -0.15) is 0 Å². The van der Waals surface area contributed by atoms with Crippen molar-refractivity contribution in [3.8, 4) is 11.1 Å². The van der Waals surface area contributed by atoms with Gasteiger partial charge in [0, 0.05) is 25.0 Å². The molecule has 1 N–H and O–H groups in total. The fourth-order valence-corrected chi connectivity index (χ4v) is 5.01. The van der Waals surface area contributed by atoms with Crippen molar-refractivity contribution >= 4 is 5.91 Å². The molecule has 1 fully saturated rings. The standard InChI is InChI=1S/C28H29F2NO2/c1-20(21-7-9-22(10-8-21)23-11-13-24(29)14-12-23)31-17-16-28(15-4-18-32,19-27(31)33)25-5-2-3-6-26(25)30/h2-3,5-14,20,32H,4,15-19H2,1H3/t20-,28+/m0/s1. The van der Waals surface area contributed by atoms with Gasteiger partial charge in [-0.3, -0.25) is 4.79 Å². The predicted molar refractivity (Wildman–Crippen MR) is 126 cm³/mol. The summed E-state index contributed by atoms with van der Waals surface area (Å²) in [4.78, 5) is 15.2. The maximum absolute atomic E-state index is 14.7. The van der Waals surface area contributed by atoms with E-state index in [1.165, 1.54) is 18.2 Å². The molecule has 1 aliphatic rings. The van der Waals surface area contributed by atoms with Crippen LogP contribution in [0.4, 0.5) is 8.78 Å². The van der Waals surface area contributed by atoms with Crippen LogP contribution < -0.4 is 0 Å². The van der Waals surface area contributed by atoms with Crippen LogP contribution in [0, 0.1) is 11.6 Å². The summed E-state index contributed by atoms with van der Waals surface area (Å²) in [5, 5.41) is 9.39. The molecule has 0 aliphatic carbocycles. The van der Waals surface area contributed by atoms with Crippen molar-refractivity contribution in [2.45, 2.75) is 44.1 Å². The molecule has 0 aromatic heterocycles. The minimum atomic E-state index is -0.589. The number of amides is 1. The van der Waals surface area contributed by atoms with Gasteiger partial charge in [0.15, 0.2) is 0 Å². The number of halogens is 2. The summed E-state index contributed by atoms with van der Waals surface area (Å²) in [7, 11) is 0. The summed E-state index contributed by atoms with van der Waals surface area (Å²) in [6, 6.07) is 20.9. The average molecular weight is 450 g/mol. The molecule has 172 valence electrons. The van der Waals surface area contributed by atoms with Gasteiger partial charge in [-0.15, -0.1) is 0 Å². The van der Waals surface area contributed by atoms with Gasteiger partial charge in [0.1, 0.15) is 11.6 Å². The average Bonchev–Trinajstić information content (AvgIpc) is 2.83. The second-order valence-electron chi connectivity index (χ2n) is 8.91. The highest BCUT2D eigenvalue weighted by atomic mass is 19.1. The first kappa shape index (κ1) is 23.1. The van der Waals surface area contributed by atoms with E-state index < -0.39 is 5.41 Å². The molecule has 2 atom stereocenters. The van der Waals surface area contributed by atoms with Crippen molar-refractivity contribution in [1.82, 2.24) is 4.90 Å². The zero-order chi connectivity index (χ0) is 23.4. The number of nitrogens with zero attached hydrogens (tertiary/aromatic N) is 1. The third-order valence-corrected chi connectivity index (χ3v) is 6.94. The third-order valence-electron chi connectivity index (χ3n) is 6.94. The molecule has 3 aromatic carbocycles. The number of carbonyl (C=O) groups excluding carboxylic acids is 1. The zero-order valence-corrected chi connectivity index (χ0v) is 18.8. The molecule has 3 nitrogen and oxygen atoms in total. The summed E-state index contributed by atoms with van der Waals surface area (Å²) in [5.41, 5.74) is 2.92. The molecule has 3 aromatic rings. The summed E-state index contributed by atoms with van der Waals surface area (Å²) >= 11 is 0. The molecule has 4 rings (SSSR count). The SMILES string of the molecule is C[C@@H](c1ccc(-c2ccc(F)cc2)cc1)N1CC[C@@](CCCO)(c2ccccc2F)CC1=O. The van der Waals surface area contributed by atoms with E-state index in [2.05, 4.69) is 0 Å². The summed E-state index contributed by atoms with van der Waals surface area (Å²) in [6.07, 6.45) is 1.98. The van der Waals surface area contributed by atoms with E-state index in [1.807, 2.05) is 36.1 Å². The number of hydrogen-bond donors (Lipinski definition) is 1. The third kappa shape index (κ3) is 4.83. The molecule has 0 saturated carbocycles. The lowest BCUT2D eigenvalue weighted by molar-refractivity contribution is -0.138. The van der Waals surface area contributed by atoms with Crippen LogP contribution in [0.5, 0.6) is 0 Å². The summed E-state index contributed by atoms with van der Waals surface area (Å²) < 4.78 is 27.9. The van der Waals surface area contributed by atoms with E-state index in [0.717, 1.165) is 16.7 Å². The molecule has 1 heterocycles. The Balaban J connectivity index is 1.52. The molecule has 1 saturated heterocycles. The van der Waals surface area contributed by atoms with Crippen LogP contribution in [-0.2, 0) is 10.2 Å². The predicted octanol–water partition coefficient (Wildman–Crippen LogP) is 6.03. The normalized spacial score (nSPS) is 19.5. The highest BCUT2D eigenvalue weighted by Gasteiger charge is 2.42. The number of aliphatic hydroxyl groups excluding tert-OH is 1. The number of benzene rings is 3. The number of aliphatic hydroxyl groups is 1. The van der Waals surface area contributed by atoms with Gasteiger partial charge in [0.2, 0.25) is 5.91 Å². The number of rotatable bonds is 7. The second-order valence-corrected chi connectivity index (χ2v) is 8.91. The van der Waals surface area contributed by atoms with Crippen LogP contribution in [0.3, 0.4) is 0 Å². The van der Waals surface area contributed by atoms with E-state index in [4.69, 9.17) is 0 Å². The Morgan fingerprint density at radius 1 is 0.970 bits per heavy atom. The van der Waals surface area contributed by atoms with Gasteiger partial charge >= 0.3 is 0 Å². The van der Waals surface area contributed by atoms with Crippen molar-refractivity contribution in [2.24, 2.45) is 0 Å². The second kappa shape index (κ2) is 9.84. The Kier molecular flexibility index (Phi) is 6.89. The number of hydrogen-bond acceptors (Lipinski definition) is 2. The first-order valence-electron chi connectivity index (χ1n) is 11.4. The van der Waals surface area contributed by atoms with Crippen LogP contribution in [0.15, 0.2) is 72.8 Å². The molecule has 5 heteroatoms. The minimum absolute atomic E-state index is 0.00226. The topological polar surface area (TPSA) is 40.5 Å². The van der Waals surface area contributed by atoms with Gasteiger partial charge in [-0.25, -0.2) is 8.78 Å². The van der Waals surface area contributed by atoms with Crippen molar-refractivity contribution in [2.75, 3.05) is 13.2 Å². The maximum Gasteiger partial charge on any atom is 0.223 e. The summed E-state index contributed by atoms with van der Waals surface area (Å²) in [6.45, 7) is 2.55. The number of likely N-dealkylation sites (tertiary alicyclic amines) is 1. The molecular weight excluding hydrogens is 420 g/mol. The quantitative estimate of drug-likeness (QED) is 0.479. The van der Waals surface area contributed by atoms with E-state index in [1.54, 1.807) is 30.3 Å². The van der Waals surface area contributed by atoms with Gasteiger partial charge in [0.25, 0.3) is 0 Å². The van der Waals surface area contributed by atoms with E-state index >= 15 is 0 Å². The van der Waals surface area contributed by atoms with Gasteiger partial charge in [-0.1, -0.05) is 54.6 Å². The van der Waals surface area contributed by atoms with Gasteiger partial charge in [-0.05, 0) is 66.6 Å². The van der Waals surface area contributed by atoms with E-state index in [-0.39, 0.29) is 36.6 Å². The van der Waals surface area contributed by atoms with Crippen molar-refractivity contribution < 1.29 is 18.7 Å². The van der Waals surface area contributed by atoms with Crippen molar-refractivity contribution in [3.63, 3.8) is 0 Å². The van der Waals surface area contributed by atoms with Gasteiger partial charge in [0.05, 0.1) is 6.04 Å². The minimum Gasteiger partial charge on any atom is -0.396 e. The first-order chi connectivity index (χ1) is 15.9. The van der Waals surface area contributed by atoms with Crippen LogP contribution in [0.1, 0.15) is 49.8 Å². The Hall–Kier alpha value is -3.05. The first-order valence-corrected chi connectivity index (χ1v) is 11.4. The molecule has 1 aliphatic heterocycles.